The molecule has 122 valence electrons. The van der Waals surface area contributed by atoms with E-state index >= 15 is 0 Å². The number of nitrogens with zero attached hydrogens (tertiary/aromatic N) is 2. The zero-order valence-electron chi connectivity index (χ0n) is 13.6. The largest absolute Gasteiger partial charge is 0.493 e. The van der Waals surface area contributed by atoms with Crippen molar-refractivity contribution < 1.29 is 9.47 Å². The highest BCUT2D eigenvalue weighted by Gasteiger charge is 2.06. The Morgan fingerprint density at radius 2 is 2.09 bits per heavy atom. The Bertz CT molecular complexity index is 753. The van der Waals surface area contributed by atoms with Gasteiger partial charge in [-0.1, -0.05) is 0 Å². The summed E-state index contributed by atoms with van der Waals surface area (Å²) < 4.78 is 11.0. The van der Waals surface area contributed by atoms with E-state index in [9.17, 15) is 4.79 Å². The number of aromatic nitrogens is 2. The fourth-order valence-electron chi connectivity index (χ4n) is 1.92. The average Bonchev–Trinajstić information content (AvgIpc) is 2.47. The molecule has 1 aromatic carbocycles. The highest BCUT2D eigenvalue weighted by atomic mass is 16.5. The van der Waals surface area contributed by atoms with Gasteiger partial charge in [-0.25, -0.2) is 10.4 Å². The Labute approximate surface area is 134 Å². The van der Waals surface area contributed by atoms with Crippen LogP contribution in [0.3, 0.4) is 0 Å². The van der Waals surface area contributed by atoms with Crippen LogP contribution in [0.15, 0.2) is 34.2 Å². The lowest BCUT2D eigenvalue weighted by molar-refractivity contribution is 0.230. The predicted octanol–water partition coefficient (Wildman–Crippen LogP) is 2.32. The lowest BCUT2D eigenvalue weighted by Gasteiger charge is -2.13. The zero-order valence-corrected chi connectivity index (χ0v) is 13.6. The van der Waals surface area contributed by atoms with Gasteiger partial charge in [0.1, 0.15) is 0 Å². The molecule has 0 spiro atoms. The SMILES string of the molecule is COc1cc(/C=N\Nc2nc(C)cc(=O)[nH]2)ccc1OC(C)C. The van der Waals surface area contributed by atoms with E-state index in [1.165, 1.54) is 6.07 Å². The minimum Gasteiger partial charge on any atom is -0.493 e. The van der Waals surface area contributed by atoms with Crippen LogP contribution in [0.4, 0.5) is 5.95 Å². The van der Waals surface area contributed by atoms with E-state index in [0.29, 0.717) is 17.2 Å². The molecule has 0 atom stereocenters. The molecule has 0 unspecified atom stereocenters. The molecule has 0 radical (unpaired) electrons. The van der Waals surface area contributed by atoms with Crippen molar-refractivity contribution in [3.63, 3.8) is 0 Å². The molecule has 1 heterocycles. The van der Waals surface area contributed by atoms with Gasteiger partial charge in [0.2, 0.25) is 5.95 Å². The van der Waals surface area contributed by atoms with E-state index in [1.54, 1.807) is 20.2 Å². The highest BCUT2D eigenvalue weighted by molar-refractivity contribution is 5.81. The quantitative estimate of drug-likeness (QED) is 0.630. The summed E-state index contributed by atoms with van der Waals surface area (Å²) in [6.07, 6.45) is 1.67. The first-order valence-electron chi connectivity index (χ1n) is 7.19. The number of aromatic amines is 1. The van der Waals surface area contributed by atoms with Crippen LogP contribution in [0.5, 0.6) is 11.5 Å². The smallest absolute Gasteiger partial charge is 0.252 e. The number of nitrogens with one attached hydrogen (secondary N) is 2. The molecule has 0 aliphatic rings. The van der Waals surface area contributed by atoms with E-state index in [1.807, 2.05) is 32.0 Å². The molecular weight excluding hydrogens is 296 g/mol. The fourth-order valence-corrected chi connectivity index (χ4v) is 1.92. The van der Waals surface area contributed by atoms with Crippen LogP contribution in [0.25, 0.3) is 0 Å². The molecule has 7 nitrogen and oxygen atoms in total. The Balaban J connectivity index is 2.11. The molecule has 23 heavy (non-hydrogen) atoms. The average molecular weight is 316 g/mol. The number of rotatable bonds is 6. The lowest BCUT2D eigenvalue weighted by Crippen LogP contribution is -2.10. The summed E-state index contributed by atoms with van der Waals surface area (Å²) in [5, 5.41) is 4.06. The summed E-state index contributed by atoms with van der Waals surface area (Å²) in [7, 11) is 1.59. The molecule has 0 saturated carbocycles. The molecule has 0 aliphatic carbocycles. The van der Waals surface area contributed by atoms with Crippen molar-refractivity contribution in [2.45, 2.75) is 26.9 Å². The number of hydrogen-bond acceptors (Lipinski definition) is 6. The van der Waals surface area contributed by atoms with Gasteiger partial charge in [-0.2, -0.15) is 5.10 Å². The molecule has 0 fully saturated rings. The fraction of sp³-hybridized carbons (Fsp3) is 0.312. The second kappa shape index (κ2) is 7.44. The van der Waals surface area contributed by atoms with Crippen LogP contribution < -0.4 is 20.5 Å². The van der Waals surface area contributed by atoms with Gasteiger partial charge in [-0.05, 0) is 44.5 Å². The molecule has 2 rings (SSSR count). The summed E-state index contributed by atoms with van der Waals surface area (Å²) in [5.41, 5.74) is 3.89. The van der Waals surface area contributed by atoms with Crippen molar-refractivity contribution in [1.29, 1.82) is 0 Å². The molecule has 0 aliphatic heterocycles. The predicted molar refractivity (Wildman–Crippen MR) is 89.6 cm³/mol. The highest BCUT2D eigenvalue weighted by Crippen LogP contribution is 2.28. The van der Waals surface area contributed by atoms with Gasteiger partial charge in [0, 0.05) is 11.8 Å². The van der Waals surface area contributed by atoms with Gasteiger partial charge in [0.05, 0.1) is 19.4 Å². The maximum Gasteiger partial charge on any atom is 0.252 e. The Kier molecular flexibility index (Phi) is 5.35. The first kappa shape index (κ1) is 16.5. The van der Waals surface area contributed by atoms with Crippen LogP contribution in [0.2, 0.25) is 0 Å². The Morgan fingerprint density at radius 3 is 2.74 bits per heavy atom. The number of anilines is 1. The summed E-state index contributed by atoms with van der Waals surface area (Å²) in [4.78, 5) is 18.0. The first-order valence-corrected chi connectivity index (χ1v) is 7.19. The second-order valence-corrected chi connectivity index (χ2v) is 5.18. The number of benzene rings is 1. The lowest BCUT2D eigenvalue weighted by atomic mass is 10.2. The molecule has 7 heteroatoms. The van der Waals surface area contributed by atoms with Crippen molar-refractivity contribution in [3.8, 4) is 11.5 Å². The molecule has 2 N–H and O–H groups in total. The van der Waals surface area contributed by atoms with E-state index in [-0.39, 0.29) is 17.6 Å². The third-order valence-corrected chi connectivity index (χ3v) is 2.80. The maximum absolute atomic E-state index is 11.3. The van der Waals surface area contributed by atoms with Crippen molar-refractivity contribution >= 4 is 12.2 Å². The number of methoxy groups -OCH3 is 1. The van der Waals surface area contributed by atoms with Crippen LogP contribution >= 0.6 is 0 Å². The third-order valence-electron chi connectivity index (χ3n) is 2.80. The van der Waals surface area contributed by atoms with Crippen molar-refractivity contribution in [2.75, 3.05) is 12.5 Å². The maximum atomic E-state index is 11.3. The van der Waals surface area contributed by atoms with E-state index < -0.39 is 0 Å². The van der Waals surface area contributed by atoms with Crippen LogP contribution in [-0.4, -0.2) is 29.4 Å². The van der Waals surface area contributed by atoms with Gasteiger partial charge >= 0.3 is 0 Å². The molecule has 0 amide bonds. The molecule has 0 saturated heterocycles. The standard InChI is InChI=1S/C16H20N4O3/c1-10(2)23-13-6-5-12(8-14(13)22-4)9-17-20-16-18-11(3)7-15(21)19-16/h5-10H,1-4H3,(H2,18,19,20,21)/b17-9-. The first-order chi connectivity index (χ1) is 11.0. The monoisotopic (exact) mass is 316 g/mol. The van der Waals surface area contributed by atoms with E-state index in [2.05, 4.69) is 20.5 Å². The Hall–Kier alpha value is -2.83. The second-order valence-electron chi connectivity index (χ2n) is 5.18. The number of aryl methyl sites for hydroxylation is 1. The minimum atomic E-state index is -0.230. The molecule has 2 aromatic rings. The normalized spacial score (nSPS) is 11.0. The van der Waals surface area contributed by atoms with Crippen LogP contribution in [0.1, 0.15) is 25.1 Å². The van der Waals surface area contributed by atoms with Gasteiger partial charge in [-0.15, -0.1) is 0 Å². The number of hydrazone groups is 1. The van der Waals surface area contributed by atoms with Crippen molar-refractivity contribution in [1.82, 2.24) is 9.97 Å². The van der Waals surface area contributed by atoms with Crippen LogP contribution in [-0.2, 0) is 0 Å². The van der Waals surface area contributed by atoms with Gasteiger partial charge < -0.3 is 9.47 Å². The zero-order chi connectivity index (χ0) is 16.8. The van der Waals surface area contributed by atoms with Crippen LogP contribution in [0, 0.1) is 6.92 Å². The third kappa shape index (κ3) is 4.84. The molecule has 0 bridgehead atoms. The van der Waals surface area contributed by atoms with Gasteiger partial charge in [0.15, 0.2) is 11.5 Å². The van der Waals surface area contributed by atoms with Crippen molar-refractivity contribution in [2.24, 2.45) is 5.10 Å². The van der Waals surface area contributed by atoms with Gasteiger partial charge in [-0.3, -0.25) is 9.78 Å². The van der Waals surface area contributed by atoms with Crippen molar-refractivity contribution in [3.05, 3.63) is 45.9 Å². The van der Waals surface area contributed by atoms with E-state index in [4.69, 9.17) is 9.47 Å². The minimum absolute atomic E-state index is 0.0642. The summed E-state index contributed by atoms with van der Waals surface area (Å²) in [6.45, 7) is 5.64. The summed E-state index contributed by atoms with van der Waals surface area (Å²) >= 11 is 0. The van der Waals surface area contributed by atoms with Gasteiger partial charge in [0.25, 0.3) is 5.56 Å². The summed E-state index contributed by atoms with van der Waals surface area (Å²) in [5.74, 6) is 1.60. The topological polar surface area (TPSA) is 88.6 Å². The summed E-state index contributed by atoms with van der Waals surface area (Å²) in [6, 6.07) is 6.91. The number of hydrogen-bond donors (Lipinski definition) is 2. The Morgan fingerprint density at radius 1 is 1.30 bits per heavy atom. The molecular formula is C16H20N4O3. The molecule has 1 aromatic heterocycles. The number of ether oxygens (including phenoxy) is 2. The number of H-pyrrole nitrogens is 1. The van der Waals surface area contributed by atoms with E-state index in [0.717, 1.165) is 5.56 Å².